The normalized spacial score (nSPS) is 15.7. The average Bonchev–Trinajstić information content (AvgIpc) is 3.54. The predicted molar refractivity (Wildman–Crippen MR) is 129 cm³/mol. The molecule has 0 fully saturated rings. The summed E-state index contributed by atoms with van der Waals surface area (Å²) in [5.74, 6) is -0.951. The maximum absolute atomic E-state index is 13.1. The van der Waals surface area contributed by atoms with Crippen LogP contribution in [0.15, 0.2) is 64.7 Å². The second kappa shape index (κ2) is 8.24. The quantitative estimate of drug-likeness (QED) is 0.314. The lowest BCUT2D eigenvalue weighted by Crippen LogP contribution is -2.42. The highest BCUT2D eigenvalue weighted by molar-refractivity contribution is 7.24. The van der Waals surface area contributed by atoms with Crippen molar-refractivity contribution in [3.63, 3.8) is 0 Å². The summed E-state index contributed by atoms with van der Waals surface area (Å²) >= 11 is 3.06. The molecule has 162 valence electrons. The Morgan fingerprint density at radius 3 is 2.61 bits per heavy atom. The minimum absolute atomic E-state index is 0.00786. The Kier molecular flexibility index (Phi) is 5.24. The second-order valence-electron chi connectivity index (χ2n) is 7.31. The molecule has 33 heavy (non-hydrogen) atoms. The monoisotopic (exact) mass is 471 g/mol. The fraction of sp³-hybridized carbons (Fsp3) is 0.125. The number of para-hydroxylation sites is 1. The molecule has 0 radical (unpaired) electrons. The van der Waals surface area contributed by atoms with Crippen molar-refractivity contribution in [1.29, 1.82) is 5.26 Å². The van der Waals surface area contributed by atoms with Crippen LogP contribution in [0.1, 0.15) is 19.5 Å². The first-order valence-electron chi connectivity index (χ1n) is 10.2. The van der Waals surface area contributed by atoms with E-state index < -0.39 is 11.8 Å². The standard InChI is InChI=1S/C24H17N5O2S2/c1-3-28-23(30)17(14(2)18(13-25)24(28)31)11-16-12-19-20(29(16)15-7-5-4-6-8-15)27-22(33-19)21-26-9-10-32-21/h4-12H,3H2,1-2H3/b17-11-. The van der Waals surface area contributed by atoms with E-state index in [9.17, 15) is 14.9 Å². The topological polar surface area (TPSA) is 91.9 Å². The first-order valence-corrected chi connectivity index (χ1v) is 11.9. The van der Waals surface area contributed by atoms with Crippen LogP contribution in [0.3, 0.4) is 0 Å². The van der Waals surface area contributed by atoms with Gasteiger partial charge in [-0.25, -0.2) is 9.97 Å². The van der Waals surface area contributed by atoms with Crippen LogP contribution in [-0.4, -0.2) is 37.8 Å². The van der Waals surface area contributed by atoms with E-state index in [-0.39, 0.29) is 12.1 Å². The van der Waals surface area contributed by atoms with Crippen LogP contribution in [0.5, 0.6) is 0 Å². The van der Waals surface area contributed by atoms with Crippen molar-refractivity contribution in [2.45, 2.75) is 13.8 Å². The average molecular weight is 472 g/mol. The number of rotatable bonds is 4. The maximum Gasteiger partial charge on any atom is 0.271 e. The maximum atomic E-state index is 13.1. The van der Waals surface area contributed by atoms with Gasteiger partial charge in [0.25, 0.3) is 11.8 Å². The van der Waals surface area contributed by atoms with E-state index in [0.29, 0.717) is 11.1 Å². The molecule has 5 rings (SSSR count). The van der Waals surface area contributed by atoms with Gasteiger partial charge in [0.15, 0.2) is 15.7 Å². The Hall–Kier alpha value is -3.87. The number of fused-ring (bicyclic) bond motifs is 1. The number of carbonyl (C=O) groups is 2. The number of amides is 2. The summed E-state index contributed by atoms with van der Waals surface area (Å²) in [4.78, 5) is 36.0. The van der Waals surface area contributed by atoms with Crippen molar-refractivity contribution in [2.24, 2.45) is 0 Å². The predicted octanol–water partition coefficient (Wildman–Crippen LogP) is 4.82. The first-order chi connectivity index (χ1) is 16.0. The van der Waals surface area contributed by atoms with Crippen LogP contribution in [0.2, 0.25) is 0 Å². The van der Waals surface area contributed by atoms with E-state index in [1.54, 1.807) is 26.1 Å². The molecule has 1 aliphatic heterocycles. The number of thiazole rings is 2. The number of hydrogen-bond donors (Lipinski definition) is 0. The lowest BCUT2D eigenvalue weighted by atomic mass is 9.94. The van der Waals surface area contributed by atoms with Crippen molar-refractivity contribution in [3.8, 4) is 21.8 Å². The van der Waals surface area contributed by atoms with E-state index in [1.807, 2.05) is 52.4 Å². The molecule has 0 unspecified atom stereocenters. The molecular weight excluding hydrogens is 454 g/mol. The van der Waals surface area contributed by atoms with Crippen LogP contribution in [0.25, 0.3) is 32.1 Å². The Morgan fingerprint density at radius 1 is 1.15 bits per heavy atom. The number of imide groups is 1. The summed E-state index contributed by atoms with van der Waals surface area (Å²) in [6.07, 6.45) is 3.50. The molecule has 0 saturated heterocycles. The molecule has 0 saturated carbocycles. The van der Waals surface area contributed by atoms with Crippen LogP contribution < -0.4 is 0 Å². The van der Waals surface area contributed by atoms with Gasteiger partial charge in [0, 0.05) is 35.1 Å². The zero-order chi connectivity index (χ0) is 23.1. The Morgan fingerprint density at radius 2 is 1.94 bits per heavy atom. The largest absolute Gasteiger partial charge is 0.294 e. The van der Waals surface area contributed by atoms with Crippen LogP contribution in [0, 0.1) is 11.3 Å². The van der Waals surface area contributed by atoms with Crippen LogP contribution in [0.4, 0.5) is 0 Å². The van der Waals surface area contributed by atoms with Gasteiger partial charge >= 0.3 is 0 Å². The molecule has 7 nitrogen and oxygen atoms in total. The lowest BCUT2D eigenvalue weighted by Gasteiger charge is -2.26. The number of likely N-dealkylation sites (N-methyl/N-ethyl adjacent to an activating group) is 1. The number of carbonyl (C=O) groups excluding carboxylic acids is 2. The summed E-state index contributed by atoms with van der Waals surface area (Å²) in [5.41, 5.74) is 3.10. The Labute approximate surface area is 197 Å². The van der Waals surface area contributed by atoms with Gasteiger partial charge in [0.05, 0.1) is 4.70 Å². The van der Waals surface area contributed by atoms with Crippen molar-refractivity contribution < 1.29 is 9.59 Å². The summed E-state index contributed by atoms with van der Waals surface area (Å²) in [5, 5.41) is 13.1. The van der Waals surface area contributed by atoms with E-state index in [4.69, 9.17) is 4.98 Å². The zero-order valence-corrected chi connectivity index (χ0v) is 19.4. The van der Waals surface area contributed by atoms with E-state index in [1.165, 1.54) is 22.7 Å². The number of aromatic nitrogens is 3. The number of nitrogens with zero attached hydrogens (tertiary/aromatic N) is 5. The second-order valence-corrected chi connectivity index (χ2v) is 9.23. The van der Waals surface area contributed by atoms with Gasteiger partial charge in [-0.1, -0.05) is 18.2 Å². The van der Waals surface area contributed by atoms with Crippen LogP contribution in [-0.2, 0) is 9.59 Å². The Bertz CT molecular complexity index is 1500. The SMILES string of the molecule is CCN1C(=O)C(C#N)=C(C)/C(=C/c2cc3sc(-c4nccs4)nc3n2-c2ccccc2)C1=O. The molecule has 4 heterocycles. The number of nitriles is 1. The molecule has 3 aromatic heterocycles. The third kappa shape index (κ3) is 3.40. The van der Waals surface area contributed by atoms with Crippen LogP contribution >= 0.6 is 22.7 Å². The highest BCUT2D eigenvalue weighted by Gasteiger charge is 2.34. The van der Waals surface area contributed by atoms with Gasteiger partial charge in [0.2, 0.25) is 0 Å². The lowest BCUT2D eigenvalue weighted by molar-refractivity contribution is -0.140. The molecule has 1 aromatic carbocycles. The molecule has 0 atom stereocenters. The minimum Gasteiger partial charge on any atom is -0.294 e. The summed E-state index contributed by atoms with van der Waals surface area (Å²) in [6.45, 7) is 3.56. The third-order valence-electron chi connectivity index (χ3n) is 5.45. The summed E-state index contributed by atoms with van der Waals surface area (Å²) in [7, 11) is 0. The van der Waals surface area contributed by atoms with Gasteiger partial charge in [0.1, 0.15) is 11.6 Å². The fourth-order valence-electron chi connectivity index (χ4n) is 3.84. The molecule has 2 amide bonds. The minimum atomic E-state index is -0.547. The van der Waals surface area contributed by atoms with E-state index in [2.05, 4.69) is 4.98 Å². The van der Waals surface area contributed by atoms with Crippen molar-refractivity contribution >= 4 is 50.9 Å². The molecule has 4 aromatic rings. The smallest absolute Gasteiger partial charge is 0.271 e. The third-order valence-corrected chi connectivity index (χ3v) is 7.35. The van der Waals surface area contributed by atoms with Gasteiger partial charge < -0.3 is 0 Å². The van der Waals surface area contributed by atoms with Gasteiger partial charge in [-0.15, -0.1) is 22.7 Å². The van der Waals surface area contributed by atoms with Gasteiger partial charge in [-0.2, -0.15) is 5.26 Å². The van der Waals surface area contributed by atoms with Crippen molar-refractivity contribution in [3.05, 3.63) is 70.4 Å². The highest BCUT2D eigenvalue weighted by atomic mass is 32.1. The molecule has 0 aliphatic carbocycles. The molecular formula is C24H17N5O2S2. The van der Waals surface area contributed by atoms with E-state index in [0.717, 1.165) is 36.6 Å². The molecule has 0 N–H and O–H groups in total. The number of benzene rings is 1. The first kappa shape index (κ1) is 21.0. The molecule has 0 bridgehead atoms. The molecule has 9 heteroatoms. The molecule has 0 spiro atoms. The summed E-state index contributed by atoms with van der Waals surface area (Å²) < 4.78 is 2.93. The highest BCUT2D eigenvalue weighted by Crippen LogP contribution is 2.36. The van der Waals surface area contributed by atoms with E-state index >= 15 is 0 Å². The van der Waals surface area contributed by atoms with Gasteiger partial charge in [-0.05, 0) is 43.7 Å². The zero-order valence-electron chi connectivity index (χ0n) is 17.8. The van der Waals surface area contributed by atoms with Crippen molar-refractivity contribution in [2.75, 3.05) is 6.54 Å². The van der Waals surface area contributed by atoms with Crippen molar-refractivity contribution in [1.82, 2.24) is 19.4 Å². The fourth-order valence-corrected chi connectivity index (χ4v) is 5.52. The summed E-state index contributed by atoms with van der Waals surface area (Å²) in [6, 6.07) is 13.7. The number of hydrogen-bond acceptors (Lipinski definition) is 7. The van der Waals surface area contributed by atoms with Gasteiger partial charge in [-0.3, -0.25) is 19.1 Å². The molecule has 1 aliphatic rings. The Balaban J connectivity index is 1.74.